The van der Waals surface area contributed by atoms with Gasteiger partial charge in [-0.3, -0.25) is 15.6 Å². The van der Waals surface area contributed by atoms with Gasteiger partial charge in [-0.05, 0) is 30.4 Å². The first-order valence-electron chi connectivity index (χ1n) is 6.01. The van der Waals surface area contributed by atoms with Crippen LogP contribution in [0.2, 0.25) is 0 Å². The molecule has 1 aromatic rings. The number of thiocarbonyl (C=S) groups is 1. The first kappa shape index (κ1) is 17.3. The van der Waals surface area contributed by atoms with Crippen molar-refractivity contribution in [3.05, 3.63) is 28.7 Å². The molecule has 110 valence electrons. The van der Waals surface area contributed by atoms with Crippen LogP contribution in [0.5, 0.6) is 0 Å². The van der Waals surface area contributed by atoms with Gasteiger partial charge in [0.2, 0.25) is 5.91 Å². The lowest BCUT2D eigenvalue weighted by atomic mass is 10.3. The lowest BCUT2D eigenvalue weighted by Gasteiger charge is -2.17. The molecule has 0 fully saturated rings. The van der Waals surface area contributed by atoms with Gasteiger partial charge in [-0.2, -0.15) is 0 Å². The van der Waals surface area contributed by atoms with Crippen LogP contribution < -0.4 is 16.2 Å². The third-order valence-corrected chi connectivity index (χ3v) is 4.00. The van der Waals surface area contributed by atoms with Crippen LogP contribution >= 0.6 is 39.9 Å². The number of anilines is 1. The Morgan fingerprint density at radius 2 is 2.05 bits per heavy atom. The van der Waals surface area contributed by atoms with Crippen LogP contribution in [0.4, 0.5) is 5.69 Å². The molecule has 4 nitrogen and oxygen atoms in total. The Bertz CT molecular complexity index is 489. The zero-order valence-electron chi connectivity index (χ0n) is 11.6. The second-order valence-corrected chi connectivity index (χ2v) is 8.16. The predicted molar refractivity (Wildman–Crippen MR) is 93.9 cm³/mol. The number of hydrazine groups is 1. The minimum Gasteiger partial charge on any atom is -0.331 e. The van der Waals surface area contributed by atoms with Gasteiger partial charge in [0.15, 0.2) is 5.11 Å². The van der Waals surface area contributed by atoms with Gasteiger partial charge < -0.3 is 5.32 Å². The van der Waals surface area contributed by atoms with Crippen LogP contribution in [0.1, 0.15) is 20.8 Å². The molecule has 0 saturated heterocycles. The molecule has 0 atom stereocenters. The van der Waals surface area contributed by atoms with Crippen LogP contribution in [0.15, 0.2) is 28.7 Å². The third kappa shape index (κ3) is 7.72. The van der Waals surface area contributed by atoms with Crippen molar-refractivity contribution in [3.8, 4) is 0 Å². The quantitative estimate of drug-likeness (QED) is 0.558. The molecule has 0 aliphatic heterocycles. The second kappa shape index (κ2) is 7.85. The molecule has 0 bridgehead atoms. The summed E-state index contributed by atoms with van der Waals surface area (Å²) in [5.74, 6) is 0.277. The maximum Gasteiger partial charge on any atom is 0.248 e. The van der Waals surface area contributed by atoms with Crippen molar-refractivity contribution in [2.45, 2.75) is 25.5 Å². The van der Waals surface area contributed by atoms with E-state index < -0.39 is 0 Å². The number of nitrogens with one attached hydrogen (secondary N) is 3. The summed E-state index contributed by atoms with van der Waals surface area (Å²) < 4.78 is 1.02. The van der Waals surface area contributed by atoms with Crippen LogP contribution in [-0.4, -0.2) is 21.5 Å². The SMILES string of the molecule is CC(C)(C)SCC(=O)NNC(=S)Nc1cccc(Br)c1. The van der Waals surface area contributed by atoms with E-state index in [1.807, 2.05) is 24.3 Å². The molecule has 0 radical (unpaired) electrons. The minimum atomic E-state index is -0.108. The van der Waals surface area contributed by atoms with Gasteiger partial charge in [0, 0.05) is 14.9 Å². The highest BCUT2D eigenvalue weighted by molar-refractivity contribution is 9.10. The zero-order chi connectivity index (χ0) is 15.2. The molecule has 0 heterocycles. The fraction of sp³-hybridized carbons (Fsp3) is 0.385. The number of carbonyl (C=O) groups is 1. The molecule has 0 spiro atoms. The minimum absolute atomic E-state index is 0.0619. The first-order valence-corrected chi connectivity index (χ1v) is 8.20. The van der Waals surface area contributed by atoms with Crippen molar-refractivity contribution in [1.29, 1.82) is 0 Å². The molecule has 1 rings (SSSR count). The molecule has 0 aliphatic rings. The predicted octanol–water partition coefficient (Wildman–Crippen LogP) is 3.30. The summed E-state index contributed by atoms with van der Waals surface area (Å²) >= 11 is 10.1. The molecule has 7 heteroatoms. The van der Waals surface area contributed by atoms with Crippen molar-refractivity contribution in [2.24, 2.45) is 0 Å². The van der Waals surface area contributed by atoms with E-state index in [9.17, 15) is 4.79 Å². The summed E-state index contributed by atoms with van der Waals surface area (Å²) in [7, 11) is 0. The van der Waals surface area contributed by atoms with Crippen molar-refractivity contribution < 1.29 is 4.79 Å². The van der Waals surface area contributed by atoms with E-state index in [-0.39, 0.29) is 10.7 Å². The van der Waals surface area contributed by atoms with E-state index in [1.54, 1.807) is 11.8 Å². The first-order chi connectivity index (χ1) is 9.26. The molecular weight excluding hydrogens is 358 g/mol. The Labute approximate surface area is 137 Å². The maximum atomic E-state index is 11.6. The van der Waals surface area contributed by atoms with Crippen molar-refractivity contribution in [3.63, 3.8) is 0 Å². The van der Waals surface area contributed by atoms with Crippen molar-refractivity contribution in [1.82, 2.24) is 10.9 Å². The molecule has 0 unspecified atom stereocenters. The summed E-state index contributed by atoms with van der Waals surface area (Å²) in [5, 5.41) is 3.32. The maximum absolute atomic E-state index is 11.6. The molecule has 1 amide bonds. The Kier molecular flexibility index (Phi) is 6.78. The van der Waals surface area contributed by atoms with E-state index in [2.05, 4.69) is 52.9 Å². The summed E-state index contributed by atoms with van der Waals surface area (Å²) in [6.07, 6.45) is 0. The van der Waals surface area contributed by atoms with Gasteiger partial charge in [0.05, 0.1) is 5.75 Å². The van der Waals surface area contributed by atoms with E-state index in [1.165, 1.54) is 0 Å². The van der Waals surface area contributed by atoms with Crippen LogP contribution in [0, 0.1) is 0 Å². The number of thioether (sulfide) groups is 1. The highest BCUT2D eigenvalue weighted by Crippen LogP contribution is 2.22. The number of amides is 1. The fourth-order valence-electron chi connectivity index (χ4n) is 1.17. The van der Waals surface area contributed by atoms with Gasteiger partial charge in [-0.15, -0.1) is 11.8 Å². The van der Waals surface area contributed by atoms with E-state index in [0.29, 0.717) is 10.9 Å². The lowest BCUT2D eigenvalue weighted by molar-refractivity contribution is -0.119. The van der Waals surface area contributed by atoms with Gasteiger partial charge in [-0.1, -0.05) is 42.8 Å². The largest absolute Gasteiger partial charge is 0.331 e. The topological polar surface area (TPSA) is 53.2 Å². The molecule has 3 N–H and O–H groups in total. The molecule has 1 aromatic carbocycles. The summed E-state index contributed by atoms with van der Waals surface area (Å²) in [6, 6.07) is 7.60. The lowest BCUT2D eigenvalue weighted by Crippen LogP contribution is -2.44. The standard InChI is InChI=1S/C13H18BrN3OS2/c1-13(2,3)20-8-11(18)16-17-12(19)15-10-6-4-5-9(14)7-10/h4-7H,8H2,1-3H3,(H,16,18)(H2,15,17,19). The Hall–Kier alpha value is -0.790. The van der Waals surface area contributed by atoms with Crippen molar-refractivity contribution in [2.75, 3.05) is 11.1 Å². The third-order valence-electron chi connectivity index (χ3n) is 2.03. The fourth-order valence-corrected chi connectivity index (χ4v) is 2.38. The van der Waals surface area contributed by atoms with Crippen LogP contribution in [0.25, 0.3) is 0 Å². The van der Waals surface area contributed by atoms with E-state index in [4.69, 9.17) is 12.2 Å². The number of hydrogen-bond donors (Lipinski definition) is 3. The summed E-state index contributed by atoms with van der Waals surface area (Å²) in [5.41, 5.74) is 6.09. The Balaban J connectivity index is 2.31. The molecule has 0 aliphatic carbocycles. The number of rotatable bonds is 3. The average molecular weight is 376 g/mol. The van der Waals surface area contributed by atoms with Gasteiger partial charge >= 0.3 is 0 Å². The summed E-state index contributed by atoms with van der Waals surface area (Å²) in [6.45, 7) is 6.20. The number of hydrogen-bond acceptors (Lipinski definition) is 3. The van der Waals surface area contributed by atoms with Gasteiger partial charge in [0.25, 0.3) is 0 Å². The number of carbonyl (C=O) groups excluding carboxylic acids is 1. The molecular formula is C13H18BrN3OS2. The second-order valence-electron chi connectivity index (χ2n) is 5.04. The smallest absolute Gasteiger partial charge is 0.248 e. The van der Waals surface area contributed by atoms with Crippen LogP contribution in [-0.2, 0) is 4.79 Å². The molecule has 20 heavy (non-hydrogen) atoms. The Morgan fingerprint density at radius 1 is 1.35 bits per heavy atom. The van der Waals surface area contributed by atoms with E-state index in [0.717, 1.165) is 10.2 Å². The highest BCUT2D eigenvalue weighted by Gasteiger charge is 2.13. The number of benzene rings is 1. The summed E-state index contributed by atoms with van der Waals surface area (Å²) in [4.78, 5) is 11.6. The Morgan fingerprint density at radius 3 is 2.65 bits per heavy atom. The molecule has 0 aromatic heterocycles. The van der Waals surface area contributed by atoms with E-state index >= 15 is 0 Å². The van der Waals surface area contributed by atoms with Crippen molar-refractivity contribution >= 4 is 56.6 Å². The molecule has 0 saturated carbocycles. The van der Waals surface area contributed by atoms with Crippen LogP contribution in [0.3, 0.4) is 0 Å². The highest BCUT2D eigenvalue weighted by atomic mass is 79.9. The number of halogens is 1. The monoisotopic (exact) mass is 375 g/mol. The normalized spacial score (nSPS) is 10.8. The average Bonchev–Trinajstić information content (AvgIpc) is 2.33. The van der Waals surface area contributed by atoms with Gasteiger partial charge in [0.1, 0.15) is 0 Å². The zero-order valence-corrected chi connectivity index (χ0v) is 14.8. The van der Waals surface area contributed by atoms with Gasteiger partial charge in [-0.25, -0.2) is 0 Å².